The lowest BCUT2D eigenvalue weighted by Crippen LogP contribution is -2.24. The maximum atomic E-state index is 5.33. The lowest BCUT2D eigenvalue weighted by molar-refractivity contribution is 0.143. The van der Waals surface area contributed by atoms with Crippen molar-refractivity contribution in [2.45, 2.75) is 27.7 Å². The van der Waals surface area contributed by atoms with E-state index in [-0.39, 0.29) is 0 Å². The quantitative estimate of drug-likeness (QED) is 0.627. The average molecular weight is 214 g/mol. The van der Waals surface area contributed by atoms with E-state index in [1.54, 1.807) is 0 Å². The second kappa shape index (κ2) is 4.81. The van der Waals surface area contributed by atoms with E-state index in [0.717, 1.165) is 25.6 Å². The fourth-order valence-electron chi connectivity index (χ4n) is 2.42. The van der Waals surface area contributed by atoms with Gasteiger partial charge < -0.3 is 15.8 Å². The van der Waals surface area contributed by atoms with Gasteiger partial charge in [0.25, 0.3) is 0 Å². The first-order valence-electron chi connectivity index (χ1n) is 5.93. The third-order valence-corrected chi connectivity index (χ3v) is 4.35. The first-order chi connectivity index (χ1) is 6.94. The van der Waals surface area contributed by atoms with E-state index in [1.165, 1.54) is 0 Å². The molecule has 1 aliphatic carbocycles. The summed E-state index contributed by atoms with van der Waals surface area (Å²) in [7, 11) is 0. The van der Waals surface area contributed by atoms with Crippen LogP contribution in [0.3, 0.4) is 0 Å². The molecule has 15 heavy (non-hydrogen) atoms. The Labute approximate surface area is 93.8 Å². The molecule has 1 fully saturated rings. The Morgan fingerprint density at radius 2 is 1.73 bits per heavy atom. The fourth-order valence-corrected chi connectivity index (χ4v) is 2.42. The monoisotopic (exact) mass is 214 g/mol. The van der Waals surface area contributed by atoms with Gasteiger partial charge in [0.05, 0.1) is 13.2 Å². The molecule has 0 amide bonds. The molecule has 0 spiro atoms. The van der Waals surface area contributed by atoms with Crippen LogP contribution >= 0.6 is 0 Å². The minimum absolute atomic E-state index is 0.484. The van der Waals surface area contributed by atoms with Gasteiger partial charge in [0.1, 0.15) is 0 Å². The predicted molar refractivity (Wildman–Crippen MR) is 63.8 cm³/mol. The van der Waals surface area contributed by atoms with Crippen LogP contribution in [0.4, 0.5) is 0 Å². The zero-order valence-corrected chi connectivity index (χ0v) is 10.6. The van der Waals surface area contributed by atoms with Gasteiger partial charge in [-0.15, -0.1) is 0 Å². The molecular weight excluding hydrogens is 188 g/mol. The van der Waals surface area contributed by atoms with E-state index in [0.29, 0.717) is 24.0 Å². The van der Waals surface area contributed by atoms with Crippen LogP contribution in [0.25, 0.3) is 0 Å². The normalized spacial score (nSPS) is 23.0. The van der Waals surface area contributed by atoms with Gasteiger partial charge in [0.15, 0.2) is 0 Å². The number of nitrogens with two attached hydrogens (primary N) is 1. The summed E-state index contributed by atoms with van der Waals surface area (Å²) in [6, 6.07) is 0. The largest absolute Gasteiger partial charge is 0.379 e. The van der Waals surface area contributed by atoms with E-state index in [1.807, 2.05) is 0 Å². The molecule has 90 valence electrons. The van der Waals surface area contributed by atoms with Crippen molar-refractivity contribution in [1.82, 2.24) is 5.32 Å². The second-order valence-electron chi connectivity index (χ2n) is 5.60. The summed E-state index contributed by atoms with van der Waals surface area (Å²) in [5.41, 5.74) is 6.30. The zero-order valence-electron chi connectivity index (χ0n) is 10.6. The molecule has 0 aromatic heterocycles. The van der Waals surface area contributed by atoms with Gasteiger partial charge in [0, 0.05) is 13.1 Å². The molecule has 3 nitrogen and oxygen atoms in total. The molecule has 0 radical (unpaired) electrons. The minimum atomic E-state index is 0.484. The van der Waals surface area contributed by atoms with Gasteiger partial charge >= 0.3 is 0 Å². The van der Waals surface area contributed by atoms with E-state index in [4.69, 9.17) is 10.5 Å². The summed E-state index contributed by atoms with van der Waals surface area (Å²) in [5.74, 6) is 0.791. The molecule has 0 aliphatic heterocycles. The fraction of sp³-hybridized carbons (Fsp3) is 1.00. The summed E-state index contributed by atoms with van der Waals surface area (Å²) >= 11 is 0. The molecular formula is C12H26N2O. The van der Waals surface area contributed by atoms with Crippen LogP contribution in [0.2, 0.25) is 0 Å². The first kappa shape index (κ1) is 12.9. The lowest BCUT2D eigenvalue weighted by Gasteiger charge is -2.06. The van der Waals surface area contributed by atoms with Crippen molar-refractivity contribution in [2.24, 2.45) is 22.5 Å². The number of ether oxygens (including phenoxy) is 1. The van der Waals surface area contributed by atoms with Gasteiger partial charge in [-0.1, -0.05) is 27.7 Å². The summed E-state index contributed by atoms with van der Waals surface area (Å²) in [4.78, 5) is 0. The maximum absolute atomic E-state index is 5.33. The molecule has 0 saturated heterocycles. The van der Waals surface area contributed by atoms with Gasteiger partial charge in [0.2, 0.25) is 0 Å². The van der Waals surface area contributed by atoms with Crippen LogP contribution in [0.5, 0.6) is 0 Å². The molecule has 0 unspecified atom stereocenters. The van der Waals surface area contributed by atoms with Gasteiger partial charge in [-0.25, -0.2) is 0 Å². The highest BCUT2D eigenvalue weighted by atomic mass is 16.5. The second-order valence-corrected chi connectivity index (χ2v) is 5.60. The highest BCUT2D eigenvalue weighted by Gasteiger charge is 2.63. The standard InChI is InChI=1S/C12H26N2O/c1-11(2)10(12(11,3)4)9-14-6-8-15-7-5-13/h10,14H,5-9,13H2,1-4H3. The Bertz CT molecular complexity index is 188. The molecule has 0 bridgehead atoms. The van der Waals surface area contributed by atoms with E-state index in [9.17, 15) is 0 Å². The Balaban J connectivity index is 2.03. The van der Waals surface area contributed by atoms with E-state index < -0.39 is 0 Å². The van der Waals surface area contributed by atoms with Crippen LogP contribution in [0.15, 0.2) is 0 Å². The van der Waals surface area contributed by atoms with Crippen LogP contribution in [-0.4, -0.2) is 32.8 Å². The highest BCUT2D eigenvalue weighted by molar-refractivity contribution is 5.12. The van der Waals surface area contributed by atoms with Crippen LogP contribution in [0, 0.1) is 16.7 Å². The summed E-state index contributed by atoms with van der Waals surface area (Å²) in [5, 5.41) is 3.45. The van der Waals surface area contributed by atoms with E-state index >= 15 is 0 Å². The molecule has 1 rings (SSSR count). The van der Waals surface area contributed by atoms with Crippen LogP contribution in [-0.2, 0) is 4.74 Å². The number of nitrogens with one attached hydrogen (secondary N) is 1. The number of hydrogen-bond donors (Lipinski definition) is 2. The van der Waals surface area contributed by atoms with Gasteiger partial charge in [-0.2, -0.15) is 0 Å². The Morgan fingerprint density at radius 3 is 2.20 bits per heavy atom. The predicted octanol–water partition coefficient (Wildman–Crippen LogP) is 1.23. The molecule has 0 aromatic rings. The third-order valence-electron chi connectivity index (χ3n) is 4.35. The smallest absolute Gasteiger partial charge is 0.0591 e. The number of hydrogen-bond acceptors (Lipinski definition) is 3. The summed E-state index contributed by atoms with van der Waals surface area (Å²) in [6.45, 7) is 13.5. The van der Waals surface area contributed by atoms with E-state index in [2.05, 4.69) is 33.0 Å². The Kier molecular flexibility index (Phi) is 4.15. The summed E-state index contributed by atoms with van der Waals surface area (Å²) < 4.78 is 5.30. The van der Waals surface area contributed by atoms with Crippen molar-refractivity contribution in [2.75, 3.05) is 32.8 Å². The van der Waals surface area contributed by atoms with Gasteiger partial charge in [-0.3, -0.25) is 0 Å². The average Bonchev–Trinajstić information content (AvgIpc) is 2.52. The summed E-state index contributed by atoms with van der Waals surface area (Å²) in [6.07, 6.45) is 0. The molecule has 3 N–H and O–H groups in total. The number of rotatable bonds is 7. The molecule has 1 saturated carbocycles. The third kappa shape index (κ3) is 2.71. The van der Waals surface area contributed by atoms with Crippen LogP contribution < -0.4 is 11.1 Å². The molecule has 0 aromatic carbocycles. The molecule has 3 heteroatoms. The SMILES string of the molecule is CC1(C)C(CNCCOCCN)C1(C)C. The molecule has 0 atom stereocenters. The van der Waals surface area contributed by atoms with Crippen molar-refractivity contribution in [3.63, 3.8) is 0 Å². The highest BCUT2D eigenvalue weighted by Crippen LogP contribution is 2.67. The minimum Gasteiger partial charge on any atom is -0.379 e. The molecule has 0 heterocycles. The van der Waals surface area contributed by atoms with Crippen molar-refractivity contribution in [3.05, 3.63) is 0 Å². The first-order valence-corrected chi connectivity index (χ1v) is 5.93. The van der Waals surface area contributed by atoms with Crippen molar-refractivity contribution in [3.8, 4) is 0 Å². The van der Waals surface area contributed by atoms with Crippen molar-refractivity contribution >= 4 is 0 Å². The zero-order chi connectivity index (χ0) is 11.5. The van der Waals surface area contributed by atoms with Crippen molar-refractivity contribution in [1.29, 1.82) is 0 Å². The lowest BCUT2D eigenvalue weighted by atomic mass is 10.0. The topological polar surface area (TPSA) is 47.3 Å². The Morgan fingerprint density at radius 1 is 1.13 bits per heavy atom. The maximum Gasteiger partial charge on any atom is 0.0591 e. The van der Waals surface area contributed by atoms with Gasteiger partial charge in [-0.05, 0) is 23.3 Å². The molecule has 1 aliphatic rings. The Hall–Kier alpha value is -0.120. The van der Waals surface area contributed by atoms with Crippen LogP contribution in [0.1, 0.15) is 27.7 Å². The van der Waals surface area contributed by atoms with Crippen molar-refractivity contribution < 1.29 is 4.74 Å².